The van der Waals surface area contributed by atoms with E-state index in [1.807, 2.05) is 43.3 Å². The molecule has 2 heterocycles. The van der Waals surface area contributed by atoms with Gasteiger partial charge in [-0.15, -0.1) is 0 Å². The number of carbonyl (C=O) groups excluding carboxylic acids is 1. The van der Waals surface area contributed by atoms with Crippen molar-refractivity contribution in [3.8, 4) is 28.6 Å². The van der Waals surface area contributed by atoms with Gasteiger partial charge in [-0.2, -0.15) is 4.98 Å². The molecule has 150 valence electrons. The number of aryl methyl sites for hydroxylation is 1. The number of amides is 1. The number of benzene rings is 2. The summed E-state index contributed by atoms with van der Waals surface area (Å²) in [6, 6.07) is 15.1. The Labute approximate surface area is 169 Å². The minimum atomic E-state index is -0.163. The van der Waals surface area contributed by atoms with Crippen LogP contribution in [0.25, 0.3) is 22.8 Å². The molecule has 1 saturated heterocycles. The fourth-order valence-electron chi connectivity index (χ4n) is 3.09. The van der Waals surface area contributed by atoms with Crippen LogP contribution < -0.4 is 10.1 Å². The summed E-state index contributed by atoms with van der Waals surface area (Å²) in [5, 5.41) is 6.88. The fraction of sp³-hybridized carbons (Fsp3) is 0.318. The van der Waals surface area contributed by atoms with Crippen LogP contribution in [0, 0.1) is 6.92 Å². The summed E-state index contributed by atoms with van der Waals surface area (Å²) in [5.41, 5.74) is 2.86. The topological polar surface area (TPSA) is 86.5 Å². The Kier molecular flexibility index (Phi) is 5.86. The summed E-state index contributed by atoms with van der Waals surface area (Å²) in [6.07, 6.45) is 2.16. The normalized spacial score (nSPS) is 16.0. The smallest absolute Gasteiger partial charge is 0.258 e. The van der Waals surface area contributed by atoms with Gasteiger partial charge in [0.2, 0.25) is 5.82 Å². The maximum atomic E-state index is 11.9. The molecule has 1 aromatic heterocycles. The van der Waals surface area contributed by atoms with Crippen molar-refractivity contribution in [3.63, 3.8) is 0 Å². The zero-order valence-electron chi connectivity index (χ0n) is 16.3. The van der Waals surface area contributed by atoms with E-state index in [-0.39, 0.29) is 18.6 Å². The number of rotatable bonds is 7. The van der Waals surface area contributed by atoms with Gasteiger partial charge in [-0.3, -0.25) is 4.79 Å². The maximum Gasteiger partial charge on any atom is 0.258 e. The molecular weight excluding hydrogens is 370 g/mol. The lowest BCUT2D eigenvalue weighted by Gasteiger charge is -2.11. The number of hydrogen-bond acceptors (Lipinski definition) is 6. The predicted octanol–water partition coefficient (Wildman–Crippen LogP) is 3.39. The fourth-order valence-corrected chi connectivity index (χ4v) is 3.09. The number of nitrogens with zero attached hydrogens (tertiary/aromatic N) is 2. The molecule has 4 rings (SSSR count). The average molecular weight is 393 g/mol. The van der Waals surface area contributed by atoms with Crippen molar-refractivity contribution in [2.24, 2.45) is 0 Å². The molecule has 1 aliphatic rings. The Hall–Kier alpha value is -3.19. The van der Waals surface area contributed by atoms with E-state index in [2.05, 4.69) is 15.5 Å². The Morgan fingerprint density at radius 1 is 1.14 bits per heavy atom. The molecule has 1 atom stereocenters. The van der Waals surface area contributed by atoms with E-state index in [4.69, 9.17) is 14.0 Å². The molecule has 0 spiro atoms. The van der Waals surface area contributed by atoms with Gasteiger partial charge in [0, 0.05) is 24.3 Å². The van der Waals surface area contributed by atoms with Gasteiger partial charge in [0.05, 0.1) is 6.10 Å². The van der Waals surface area contributed by atoms with E-state index in [0.717, 1.165) is 30.6 Å². The van der Waals surface area contributed by atoms with Crippen molar-refractivity contribution in [3.05, 3.63) is 54.1 Å². The molecule has 1 amide bonds. The molecule has 7 nitrogen and oxygen atoms in total. The van der Waals surface area contributed by atoms with Gasteiger partial charge < -0.3 is 19.3 Å². The van der Waals surface area contributed by atoms with Crippen LogP contribution in [0.4, 0.5) is 0 Å². The predicted molar refractivity (Wildman–Crippen MR) is 107 cm³/mol. The lowest BCUT2D eigenvalue weighted by atomic mass is 10.1. The van der Waals surface area contributed by atoms with Gasteiger partial charge in [-0.1, -0.05) is 35.0 Å². The highest BCUT2D eigenvalue weighted by atomic mass is 16.5. The molecule has 0 bridgehead atoms. The average Bonchev–Trinajstić information content (AvgIpc) is 3.44. The second-order valence-corrected chi connectivity index (χ2v) is 7.04. The van der Waals surface area contributed by atoms with Crippen LogP contribution in [-0.4, -0.2) is 41.9 Å². The maximum absolute atomic E-state index is 11.9. The minimum absolute atomic E-state index is 0.0375. The van der Waals surface area contributed by atoms with E-state index in [1.165, 1.54) is 5.56 Å². The third-order valence-electron chi connectivity index (χ3n) is 4.76. The summed E-state index contributed by atoms with van der Waals surface area (Å²) in [6.45, 7) is 3.30. The molecule has 1 aliphatic heterocycles. The van der Waals surface area contributed by atoms with Crippen LogP contribution in [0.1, 0.15) is 18.4 Å². The van der Waals surface area contributed by atoms with Gasteiger partial charge in [-0.05, 0) is 44.0 Å². The number of nitrogens with one attached hydrogen (secondary N) is 1. The first-order chi connectivity index (χ1) is 14.2. The SMILES string of the molecule is Cc1ccc(-c2noc(-c3ccc(OCC(=O)NC[C@H]4CCCO4)cc3)n2)cc1. The zero-order valence-corrected chi connectivity index (χ0v) is 16.3. The molecule has 0 aliphatic carbocycles. The quantitative estimate of drug-likeness (QED) is 0.662. The number of aromatic nitrogens is 2. The van der Waals surface area contributed by atoms with E-state index in [9.17, 15) is 4.79 Å². The zero-order chi connectivity index (χ0) is 20.1. The molecule has 0 radical (unpaired) electrons. The molecule has 29 heavy (non-hydrogen) atoms. The molecule has 1 fully saturated rings. The summed E-state index contributed by atoms with van der Waals surface area (Å²) in [4.78, 5) is 16.3. The molecule has 7 heteroatoms. The third kappa shape index (κ3) is 5.00. The molecule has 2 aromatic carbocycles. The largest absolute Gasteiger partial charge is 0.484 e. The van der Waals surface area contributed by atoms with E-state index in [0.29, 0.717) is 24.0 Å². The van der Waals surface area contributed by atoms with Crippen molar-refractivity contribution < 1.29 is 18.8 Å². The molecule has 0 saturated carbocycles. The van der Waals surface area contributed by atoms with Crippen LogP contribution in [-0.2, 0) is 9.53 Å². The Morgan fingerprint density at radius 3 is 2.62 bits per heavy atom. The van der Waals surface area contributed by atoms with E-state index in [1.54, 1.807) is 12.1 Å². The molecule has 3 aromatic rings. The molecule has 1 N–H and O–H groups in total. The highest BCUT2D eigenvalue weighted by molar-refractivity contribution is 5.77. The van der Waals surface area contributed by atoms with Gasteiger partial charge in [-0.25, -0.2) is 0 Å². The first kappa shape index (κ1) is 19.1. The summed E-state index contributed by atoms with van der Waals surface area (Å²) >= 11 is 0. The second-order valence-electron chi connectivity index (χ2n) is 7.04. The Morgan fingerprint density at radius 2 is 1.90 bits per heavy atom. The van der Waals surface area contributed by atoms with Crippen LogP contribution in [0.5, 0.6) is 5.75 Å². The van der Waals surface area contributed by atoms with Crippen molar-refractivity contribution in [2.75, 3.05) is 19.8 Å². The standard InChI is InChI=1S/C22H23N3O4/c1-15-4-6-16(7-5-15)21-24-22(29-25-21)17-8-10-18(11-9-17)28-14-20(26)23-13-19-3-2-12-27-19/h4-11,19H,2-3,12-14H2,1H3,(H,23,26)/t19-/m1/s1. The van der Waals surface area contributed by atoms with E-state index >= 15 is 0 Å². The van der Waals surface area contributed by atoms with E-state index < -0.39 is 0 Å². The summed E-state index contributed by atoms with van der Waals surface area (Å²) in [7, 11) is 0. The minimum Gasteiger partial charge on any atom is -0.484 e. The first-order valence-electron chi connectivity index (χ1n) is 9.70. The summed E-state index contributed by atoms with van der Waals surface area (Å²) in [5.74, 6) is 1.41. The van der Waals surface area contributed by atoms with Gasteiger partial charge in [0.15, 0.2) is 6.61 Å². The second kappa shape index (κ2) is 8.87. The summed E-state index contributed by atoms with van der Waals surface area (Å²) < 4.78 is 16.4. The number of hydrogen-bond donors (Lipinski definition) is 1. The van der Waals surface area contributed by atoms with Crippen molar-refractivity contribution >= 4 is 5.91 Å². The van der Waals surface area contributed by atoms with Crippen LogP contribution in [0.2, 0.25) is 0 Å². The van der Waals surface area contributed by atoms with Crippen molar-refractivity contribution in [2.45, 2.75) is 25.9 Å². The highest BCUT2D eigenvalue weighted by Crippen LogP contribution is 2.24. The van der Waals surface area contributed by atoms with Crippen LogP contribution in [0.3, 0.4) is 0 Å². The molecular formula is C22H23N3O4. The van der Waals surface area contributed by atoms with Crippen LogP contribution in [0.15, 0.2) is 53.1 Å². The third-order valence-corrected chi connectivity index (χ3v) is 4.76. The highest BCUT2D eigenvalue weighted by Gasteiger charge is 2.16. The van der Waals surface area contributed by atoms with Gasteiger partial charge in [0.25, 0.3) is 11.8 Å². The van der Waals surface area contributed by atoms with Crippen molar-refractivity contribution in [1.82, 2.24) is 15.5 Å². The molecule has 0 unspecified atom stereocenters. The van der Waals surface area contributed by atoms with Gasteiger partial charge in [0.1, 0.15) is 5.75 Å². The van der Waals surface area contributed by atoms with Crippen LogP contribution >= 0.6 is 0 Å². The Balaban J connectivity index is 1.31. The monoisotopic (exact) mass is 393 g/mol. The lowest BCUT2D eigenvalue weighted by Crippen LogP contribution is -2.35. The van der Waals surface area contributed by atoms with Gasteiger partial charge >= 0.3 is 0 Å². The number of carbonyl (C=O) groups is 1. The first-order valence-corrected chi connectivity index (χ1v) is 9.70. The Bertz CT molecular complexity index is 945. The number of ether oxygens (including phenoxy) is 2. The lowest BCUT2D eigenvalue weighted by molar-refractivity contribution is -0.123. The van der Waals surface area contributed by atoms with Crippen molar-refractivity contribution in [1.29, 1.82) is 0 Å².